The molecular weight excluding hydrogens is 184 g/mol. The summed E-state index contributed by atoms with van der Waals surface area (Å²) >= 11 is 0. The molecule has 2 nitrogen and oxygen atoms in total. The number of nitrogens with zero attached hydrogens (tertiary/aromatic N) is 1. The number of rotatable bonds is 3. The Labute approximate surface area is 95.2 Å². The van der Waals surface area contributed by atoms with Crippen LogP contribution in [0, 0.1) is 11.8 Å². The zero-order chi connectivity index (χ0) is 11.6. The minimum absolute atomic E-state index is 0.251. The Kier molecular flexibility index (Phi) is 4.19. The van der Waals surface area contributed by atoms with Gasteiger partial charge in [0.1, 0.15) is 0 Å². The second kappa shape index (κ2) is 4.84. The maximum absolute atomic E-state index is 6.07. The molecule has 15 heavy (non-hydrogen) atoms. The molecule has 0 amide bonds. The summed E-state index contributed by atoms with van der Waals surface area (Å²) in [5.74, 6) is 1.60. The van der Waals surface area contributed by atoms with E-state index in [0.29, 0.717) is 6.04 Å². The van der Waals surface area contributed by atoms with Crippen LogP contribution in [0.1, 0.15) is 47.0 Å². The second-order valence-corrected chi connectivity index (χ2v) is 5.79. The predicted molar refractivity (Wildman–Crippen MR) is 66.9 cm³/mol. The first-order valence-corrected chi connectivity index (χ1v) is 6.37. The Bertz CT molecular complexity index is 203. The average molecular weight is 212 g/mol. The molecule has 0 aromatic heterocycles. The lowest BCUT2D eigenvalue weighted by Gasteiger charge is -2.51. The van der Waals surface area contributed by atoms with Crippen molar-refractivity contribution in [3.05, 3.63) is 0 Å². The quantitative estimate of drug-likeness (QED) is 0.779. The third-order valence-electron chi connectivity index (χ3n) is 4.57. The third kappa shape index (κ3) is 2.36. The fourth-order valence-electron chi connectivity index (χ4n) is 3.17. The van der Waals surface area contributed by atoms with Crippen LogP contribution in [0.2, 0.25) is 0 Å². The molecule has 0 radical (unpaired) electrons. The molecule has 0 heterocycles. The molecule has 1 aliphatic rings. The Morgan fingerprint density at radius 2 is 2.00 bits per heavy atom. The van der Waals surface area contributed by atoms with Crippen LogP contribution in [0.15, 0.2) is 0 Å². The van der Waals surface area contributed by atoms with Gasteiger partial charge in [-0.25, -0.2) is 0 Å². The van der Waals surface area contributed by atoms with E-state index in [-0.39, 0.29) is 5.54 Å². The maximum Gasteiger partial charge on any atom is 0.0357 e. The minimum Gasteiger partial charge on any atom is -0.329 e. The summed E-state index contributed by atoms with van der Waals surface area (Å²) in [5.41, 5.74) is 6.32. The van der Waals surface area contributed by atoms with Gasteiger partial charge in [0.25, 0.3) is 0 Å². The van der Waals surface area contributed by atoms with Crippen LogP contribution in [0.5, 0.6) is 0 Å². The molecule has 0 bridgehead atoms. The zero-order valence-electron chi connectivity index (χ0n) is 11.1. The molecule has 0 aromatic rings. The largest absolute Gasteiger partial charge is 0.329 e. The first kappa shape index (κ1) is 13.0. The van der Waals surface area contributed by atoms with E-state index in [1.54, 1.807) is 0 Å². The Hall–Kier alpha value is -0.0800. The van der Waals surface area contributed by atoms with Gasteiger partial charge in [-0.3, -0.25) is 4.90 Å². The summed E-state index contributed by atoms with van der Waals surface area (Å²) in [7, 11) is 2.24. The third-order valence-corrected chi connectivity index (χ3v) is 4.57. The molecule has 2 heteroatoms. The highest BCUT2D eigenvalue weighted by atomic mass is 15.2. The average Bonchev–Trinajstić information content (AvgIpc) is 2.18. The highest BCUT2D eigenvalue weighted by Crippen LogP contribution is 2.40. The molecule has 3 unspecified atom stereocenters. The fourth-order valence-corrected chi connectivity index (χ4v) is 3.17. The summed E-state index contributed by atoms with van der Waals surface area (Å²) in [6.45, 7) is 10.1. The maximum atomic E-state index is 6.07. The zero-order valence-corrected chi connectivity index (χ0v) is 11.1. The van der Waals surface area contributed by atoms with E-state index in [1.807, 2.05) is 0 Å². The molecule has 1 aliphatic carbocycles. The van der Waals surface area contributed by atoms with E-state index < -0.39 is 0 Å². The SMILES string of the molecule is CC1CCC(CN)(N(C)C(C)C)C(C)C1. The van der Waals surface area contributed by atoms with Crippen molar-refractivity contribution in [3.8, 4) is 0 Å². The highest BCUT2D eigenvalue weighted by Gasteiger charge is 2.42. The number of hydrogen-bond donors (Lipinski definition) is 1. The first-order valence-electron chi connectivity index (χ1n) is 6.37. The van der Waals surface area contributed by atoms with Gasteiger partial charge in [0.15, 0.2) is 0 Å². The molecule has 0 aliphatic heterocycles. The summed E-state index contributed by atoms with van der Waals surface area (Å²) < 4.78 is 0. The van der Waals surface area contributed by atoms with Crippen molar-refractivity contribution in [3.63, 3.8) is 0 Å². The van der Waals surface area contributed by atoms with Crippen LogP contribution in [0.3, 0.4) is 0 Å². The molecule has 1 fully saturated rings. The second-order valence-electron chi connectivity index (χ2n) is 5.79. The molecular formula is C13H28N2. The van der Waals surface area contributed by atoms with E-state index in [2.05, 4.69) is 39.6 Å². The van der Waals surface area contributed by atoms with Gasteiger partial charge >= 0.3 is 0 Å². The highest BCUT2D eigenvalue weighted by molar-refractivity contribution is 4.99. The van der Waals surface area contributed by atoms with E-state index in [1.165, 1.54) is 19.3 Å². The summed E-state index contributed by atoms with van der Waals surface area (Å²) in [4.78, 5) is 2.50. The van der Waals surface area contributed by atoms with Gasteiger partial charge in [-0.1, -0.05) is 13.8 Å². The van der Waals surface area contributed by atoms with Crippen molar-refractivity contribution in [1.82, 2.24) is 4.90 Å². The number of hydrogen-bond acceptors (Lipinski definition) is 2. The van der Waals surface area contributed by atoms with E-state index in [9.17, 15) is 0 Å². The van der Waals surface area contributed by atoms with Crippen molar-refractivity contribution >= 4 is 0 Å². The standard InChI is InChI=1S/C13H28N2/c1-10(2)15(5)13(9-14)7-6-11(3)8-12(13)4/h10-12H,6-9,14H2,1-5H3. The Morgan fingerprint density at radius 1 is 1.40 bits per heavy atom. The molecule has 1 saturated carbocycles. The van der Waals surface area contributed by atoms with Gasteiger partial charge < -0.3 is 5.73 Å². The van der Waals surface area contributed by atoms with Crippen molar-refractivity contribution in [2.75, 3.05) is 13.6 Å². The molecule has 90 valence electrons. The molecule has 0 aromatic carbocycles. The van der Waals surface area contributed by atoms with Crippen LogP contribution in [0.25, 0.3) is 0 Å². The minimum atomic E-state index is 0.251. The number of likely N-dealkylation sites (N-methyl/N-ethyl adjacent to an activating group) is 1. The Balaban J connectivity index is 2.83. The molecule has 0 saturated heterocycles. The summed E-state index contributed by atoms with van der Waals surface area (Å²) in [5, 5.41) is 0. The van der Waals surface area contributed by atoms with Gasteiger partial charge in [-0.15, -0.1) is 0 Å². The van der Waals surface area contributed by atoms with Crippen molar-refractivity contribution < 1.29 is 0 Å². The van der Waals surface area contributed by atoms with Crippen LogP contribution in [-0.2, 0) is 0 Å². The van der Waals surface area contributed by atoms with Crippen LogP contribution in [-0.4, -0.2) is 30.1 Å². The summed E-state index contributed by atoms with van der Waals surface area (Å²) in [6, 6.07) is 0.587. The van der Waals surface area contributed by atoms with Gasteiger partial charge in [-0.05, 0) is 52.0 Å². The van der Waals surface area contributed by atoms with Gasteiger partial charge in [-0.2, -0.15) is 0 Å². The molecule has 1 rings (SSSR count). The van der Waals surface area contributed by atoms with E-state index in [0.717, 1.165) is 18.4 Å². The predicted octanol–water partition coefficient (Wildman–Crippen LogP) is 2.48. The summed E-state index contributed by atoms with van der Waals surface area (Å²) in [6.07, 6.45) is 3.92. The van der Waals surface area contributed by atoms with Gasteiger partial charge in [0, 0.05) is 18.1 Å². The topological polar surface area (TPSA) is 29.3 Å². The van der Waals surface area contributed by atoms with Crippen molar-refractivity contribution in [2.45, 2.75) is 58.5 Å². The fraction of sp³-hybridized carbons (Fsp3) is 1.00. The van der Waals surface area contributed by atoms with Crippen LogP contribution >= 0.6 is 0 Å². The van der Waals surface area contributed by atoms with Crippen molar-refractivity contribution in [2.24, 2.45) is 17.6 Å². The molecule has 0 spiro atoms. The van der Waals surface area contributed by atoms with Gasteiger partial charge in [0.05, 0.1) is 0 Å². The van der Waals surface area contributed by atoms with Crippen LogP contribution < -0.4 is 5.73 Å². The van der Waals surface area contributed by atoms with E-state index in [4.69, 9.17) is 5.73 Å². The van der Waals surface area contributed by atoms with Crippen LogP contribution in [0.4, 0.5) is 0 Å². The molecule has 3 atom stereocenters. The lowest BCUT2D eigenvalue weighted by atomic mass is 9.69. The van der Waals surface area contributed by atoms with Gasteiger partial charge in [0.2, 0.25) is 0 Å². The first-order chi connectivity index (χ1) is 6.94. The monoisotopic (exact) mass is 212 g/mol. The van der Waals surface area contributed by atoms with Crippen molar-refractivity contribution in [1.29, 1.82) is 0 Å². The smallest absolute Gasteiger partial charge is 0.0357 e. The normalized spacial score (nSPS) is 37.6. The lowest BCUT2D eigenvalue weighted by molar-refractivity contribution is -0.00110. The Morgan fingerprint density at radius 3 is 2.40 bits per heavy atom. The molecule has 2 N–H and O–H groups in total. The number of nitrogens with two attached hydrogens (primary N) is 1. The lowest BCUT2D eigenvalue weighted by Crippen LogP contribution is -2.60. The van der Waals surface area contributed by atoms with E-state index >= 15 is 0 Å².